The summed E-state index contributed by atoms with van der Waals surface area (Å²) >= 11 is 7.82. The quantitative estimate of drug-likeness (QED) is 0.780. The molecular weight excluding hydrogens is 258 g/mol. The van der Waals surface area contributed by atoms with Crippen LogP contribution in [0.4, 0.5) is 0 Å². The molecule has 2 heterocycles. The van der Waals surface area contributed by atoms with Crippen molar-refractivity contribution in [1.29, 1.82) is 0 Å². The first-order valence-electron chi connectivity index (χ1n) is 5.28. The summed E-state index contributed by atoms with van der Waals surface area (Å²) in [4.78, 5) is 18.2. The lowest BCUT2D eigenvalue weighted by molar-refractivity contribution is 0.0525. The van der Waals surface area contributed by atoms with Gasteiger partial charge in [-0.05, 0) is 26.8 Å². The number of carbonyl (C=O) groups excluding carboxylic acids is 1. The fourth-order valence-corrected chi connectivity index (χ4v) is 3.03. The molecule has 0 bridgehead atoms. The average Bonchev–Trinajstić information content (AvgIpc) is 2.59. The Morgan fingerprint density at radius 3 is 2.88 bits per heavy atom. The minimum absolute atomic E-state index is 0.329. The first kappa shape index (κ1) is 12.3. The molecule has 2 aromatic heterocycles. The number of ether oxygens (including phenoxy) is 1. The van der Waals surface area contributed by atoms with E-state index in [1.54, 1.807) is 25.2 Å². The number of hydrogen-bond acceptors (Lipinski definition) is 4. The fourth-order valence-electron chi connectivity index (χ4n) is 1.68. The van der Waals surface area contributed by atoms with Crippen molar-refractivity contribution in [3.8, 4) is 0 Å². The highest BCUT2D eigenvalue weighted by Gasteiger charge is 2.19. The number of aryl methyl sites for hydroxylation is 2. The Hall–Kier alpha value is -1.13. The number of fused-ring (bicyclic) bond motifs is 1. The molecule has 3 nitrogen and oxygen atoms in total. The summed E-state index contributed by atoms with van der Waals surface area (Å²) in [6.07, 6.45) is 0. The van der Waals surface area contributed by atoms with Crippen LogP contribution in [-0.4, -0.2) is 17.6 Å². The Labute approximate surface area is 108 Å². The predicted octanol–water partition coefficient (Wildman–Crippen LogP) is 3.74. The van der Waals surface area contributed by atoms with Crippen LogP contribution in [0, 0.1) is 13.8 Å². The second-order valence-corrected chi connectivity index (χ2v) is 5.30. The number of rotatable bonds is 2. The molecule has 0 unspecified atom stereocenters. The molecule has 0 fully saturated rings. The van der Waals surface area contributed by atoms with Crippen molar-refractivity contribution in [2.45, 2.75) is 20.8 Å². The summed E-state index contributed by atoms with van der Waals surface area (Å²) in [5, 5.41) is 1.26. The van der Waals surface area contributed by atoms with Crippen molar-refractivity contribution in [2.75, 3.05) is 6.61 Å². The fraction of sp³-hybridized carbons (Fsp3) is 0.333. The second-order valence-electron chi connectivity index (χ2n) is 3.68. The van der Waals surface area contributed by atoms with Crippen LogP contribution >= 0.6 is 22.9 Å². The lowest BCUT2D eigenvalue weighted by Gasteiger charge is -2.07. The monoisotopic (exact) mass is 269 g/mol. The maximum atomic E-state index is 11.8. The van der Waals surface area contributed by atoms with E-state index in [1.165, 1.54) is 0 Å². The van der Waals surface area contributed by atoms with Crippen LogP contribution < -0.4 is 0 Å². The molecule has 0 aliphatic rings. The molecule has 0 N–H and O–H groups in total. The largest absolute Gasteiger partial charge is 0.462 e. The first-order chi connectivity index (χ1) is 8.04. The van der Waals surface area contributed by atoms with Crippen molar-refractivity contribution >= 4 is 39.1 Å². The molecule has 0 aromatic carbocycles. The first-order valence-corrected chi connectivity index (χ1v) is 6.47. The van der Waals surface area contributed by atoms with E-state index < -0.39 is 5.97 Å². The van der Waals surface area contributed by atoms with E-state index in [4.69, 9.17) is 16.3 Å². The second kappa shape index (κ2) is 4.63. The summed E-state index contributed by atoms with van der Waals surface area (Å²) in [5.41, 5.74) is 0.988. The van der Waals surface area contributed by atoms with E-state index in [9.17, 15) is 4.79 Å². The van der Waals surface area contributed by atoms with Gasteiger partial charge in [-0.15, -0.1) is 11.3 Å². The van der Waals surface area contributed by atoms with E-state index in [1.807, 2.05) is 13.0 Å². The Bertz CT molecular complexity index is 592. The van der Waals surface area contributed by atoms with Crippen LogP contribution in [0.25, 0.3) is 10.2 Å². The molecule has 90 valence electrons. The lowest BCUT2D eigenvalue weighted by atomic mass is 10.1. The smallest absolute Gasteiger partial charge is 0.341 e. The zero-order chi connectivity index (χ0) is 12.6. The minimum atomic E-state index is -0.409. The van der Waals surface area contributed by atoms with Crippen LogP contribution in [-0.2, 0) is 4.74 Å². The van der Waals surface area contributed by atoms with Crippen LogP contribution in [0.3, 0.4) is 0 Å². The normalized spacial score (nSPS) is 10.8. The minimum Gasteiger partial charge on any atom is -0.462 e. The number of pyridine rings is 1. The van der Waals surface area contributed by atoms with E-state index >= 15 is 0 Å². The summed E-state index contributed by atoms with van der Waals surface area (Å²) in [6.45, 7) is 5.85. The van der Waals surface area contributed by atoms with Gasteiger partial charge in [-0.2, -0.15) is 0 Å². The van der Waals surface area contributed by atoms with Crippen LogP contribution in [0.5, 0.6) is 0 Å². The molecule has 0 aliphatic carbocycles. The van der Waals surface area contributed by atoms with Gasteiger partial charge in [0.15, 0.2) is 0 Å². The van der Waals surface area contributed by atoms with E-state index in [2.05, 4.69) is 4.98 Å². The number of thiophene rings is 1. The van der Waals surface area contributed by atoms with E-state index in [-0.39, 0.29) is 0 Å². The highest BCUT2D eigenvalue weighted by Crippen LogP contribution is 2.33. The molecule has 2 rings (SSSR count). The van der Waals surface area contributed by atoms with Gasteiger partial charge in [0.1, 0.15) is 10.4 Å². The Balaban J connectivity index is 2.66. The zero-order valence-corrected chi connectivity index (χ0v) is 11.4. The molecule has 0 atom stereocenters. The van der Waals surface area contributed by atoms with Gasteiger partial charge in [-0.1, -0.05) is 11.6 Å². The van der Waals surface area contributed by atoms with Crippen molar-refractivity contribution in [3.05, 3.63) is 27.2 Å². The van der Waals surface area contributed by atoms with Gasteiger partial charge in [-0.25, -0.2) is 9.78 Å². The van der Waals surface area contributed by atoms with Crippen LogP contribution in [0.1, 0.15) is 27.9 Å². The number of halogens is 1. The molecule has 0 saturated carbocycles. The molecule has 0 spiro atoms. The van der Waals surface area contributed by atoms with Gasteiger partial charge >= 0.3 is 5.97 Å². The van der Waals surface area contributed by atoms with Gasteiger partial charge in [-0.3, -0.25) is 0 Å². The maximum absolute atomic E-state index is 11.8. The third-order valence-corrected chi connectivity index (χ3v) is 3.74. The molecule has 2 aromatic rings. The Morgan fingerprint density at radius 1 is 1.53 bits per heavy atom. The van der Waals surface area contributed by atoms with Crippen molar-refractivity contribution in [1.82, 2.24) is 4.98 Å². The molecule has 0 saturated heterocycles. The predicted molar refractivity (Wildman–Crippen MR) is 70.1 cm³/mol. The standard InChI is InChI=1S/C12H12ClNO2S/c1-4-16-12(15)9-7(3)14-11-8(10(9)13)5-6(2)17-11/h5H,4H2,1-3H3. The summed E-state index contributed by atoms with van der Waals surface area (Å²) < 4.78 is 4.99. The third-order valence-electron chi connectivity index (χ3n) is 2.40. The number of hydrogen-bond donors (Lipinski definition) is 0. The molecule has 0 radical (unpaired) electrons. The van der Waals surface area contributed by atoms with Crippen LogP contribution in [0.2, 0.25) is 5.02 Å². The Kier molecular flexibility index (Phi) is 3.35. The van der Waals surface area contributed by atoms with E-state index in [0.717, 1.165) is 15.1 Å². The van der Waals surface area contributed by atoms with Gasteiger partial charge in [0.25, 0.3) is 0 Å². The third kappa shape index (κ3) is 2.15. The van der Waals surface area contributed by atoms with Crippen molar-refractivity contribution in [2.24, 2.45) is 0 Å². The Morgan fingerprint density at radius 2 is 2.24 bits per heavy atom. The average molecular weight is 270 g/mol. The number of esters is 1. The van der Waals surface area contributed by atoms with Crippen molar-refractivity contribution < 1.29 is 9.53 Å². The summed E-state index contributed by atoms with van der Waals surface area (Å²) in [5.74, 6) is -0.409. The van der Waals surface area contributed by atoms with Crippen molar-refractivity contribution in [3.63, 3.8) is 0 Å². The molecule has 17 heavy (non-hydrogen) atoms. The van der Waals surface area contributed by atoms with Gasteiger partial charge < -0.3 is 4.74 Å². The van der Waals surface area contributed by atoms with Gasteiger partial charge in [0.2, 0.25) is 0 Å². The highest BCUT2D eigenvalue weighted by atomic mass is 35.5. The SMILES string of the molecule is CCOC(=O)c1c(C)nc2sc(C)cc2c1Cl. The van der Waals surface area contributed by atoms with Gasteiger partial charge in [0.05, 0.1) is 17.3 Å². The van der Waals surface area contributed by atoms with Crippen LogP contribution in [0.15, 0.2) is 6.07 Å². The lowest BCUT2D eigenvalue weighted by Crippen LogP contribution is -2.08. The molecule has 0 amide bonds. The highest BCUT2D eigenvalue weighted by molar-refractivity contribution is 7.18. The maximum Gasteiger partial charge on any atom is 0.341 e. The topological polar surface area (TPSA) is 39.2 Å². The number of nitrogens with zero attached hydrogens (tertiary/aromatic N) is 1. The number of aromatic nitrogens is 1. The molecule has 0 aliphatic heterocycles. The summed E-state index contributed by atoms with van der Waals surface area (Å²) in [6, 6.07) is 1.94. The van der Waals surface area contributed by atoms with E-state index in [0.29, 0.717) is 22.9 Å². The number of carbonyl (C=O) groups is 1. The summed E-state index contributed by atoms with van der Waals surface area (Å²) in [7, 11) is 0. The molecule has 5 heteroatoms. The zero-order valence-electron chi connectivity index (χ0n) is 9.83. The molecular formula is C12H12ClNO2S. The van der Waals surface area contributed by atoms with Gasteiger partial charge in [0, 0.05) is 10.3 Å².